The van der Waals surface area contributed by atoms with Gasteiger partial charge in [0.15, 0.2) is 0 Å². The third-order valence-electron chi connectivity index (χ3n) is 4.95. The molecule has 5 heteroatoms. The third kappa shape index (κ3) is 3.36. The molecule has 4 aromatic rings. The lowest BCUT2D eigenvalue weighted by atomic mass is 10.0. The van der Waals surface area contributed by atoms with E-state index in [4.69, 9.17) is 0 Å². The lowest BCUT2D eigenvalue weighted by molar-refractivity contribution is 0.0939. The van der Waals surface area contributed by atoms with E-state index in [1.54, 1.807) is 10.9 Å². The quantitative estimate of drug-likeness (QED) is 0.567. The van der Waals surface area contributed by atoms with E-state index in [-0.39, 0.29) is 11.9 Å². The second-order valence-electron chi connectivity index (χ2n) is 6.78. The fraction of sp³-hybridized carbons (Fsp3) is 0.182. The van der Waals surface area contributed by atoms with Gasteiger partial charge < -0.3 is 10.3 Å². The summed E-state index contributed by atoms with van der Waals surface area (Å²) in [5.41, 5.74) is 4.80. The van der Waals surface area contributed by atoms with Crippen molar-refractivity contribution in [2.75, 3.05) is 0 Å². The molecule has 1 amide bonds. The molecule has 4 rings (SSSR count). The first-order chi connectivity index (χ1) is 13.1. The van der Waals surface area contributed by atoms with Gasteiger partial charge in [-0.1, -0.05) is 48.5 Å². The van der Waals surface area contributed by atoms with Gasteiger partial charge in [0.2, 0.25) is 0 Å². The van der Waals surface area contributed by atoms with Crippen LogP contribution in [0.1, 0.15) is 40.1 Å². The van der Waals surface area contributed by atoms with Crippen LogP contribution in [0.3, 0.4) is 0 Å². The van der Waals surface area contributed by atoms with Crippen molar-refractivity contribution in [2.24, 2.45) is 7.05 Å². The number of amides is 1. The predicted octanol–water partition coefficient (Wildman–Crippen LogP) is 3.98. The van der Waals surface area contributed by atoms with Crippen molar-refractivity contribution < 1.29 is 4.79 Å². The lowest BCUT2D eigenvalue weighted by Gasteiger charge is -2.16. The molecule has 0 fully saturated rings. The van der Waals surface area contributed by atoms with Gasteiger partial charge in [0.05, 0.1) is 29.0 Å². The second-order valence-corrected chi connectivity index (χ2v) is 6.78. The Morgan fingerprint density at radius 1 is 1.15 bits per heavy atom. The number of benzene rings is 2. The van der Waals surface area contributed by atoms with Gasteiger partial charge in [-0.2, -0.15) is 5.10 Å². The number of carbonyl (C=O) groups is 1. The molecule has 1 unspecified atom stereocenters. The van der Waals surface area contributed by atoms with E-state index >= 15 is 0 Å². The van der Waals surface area contributed by atoms with Gasteiger partial charge in [-0.25, -0.2) is 0 Å². The molecule has 2 N–H and O–H groups in total. The Labute approximate surface area is 158 Å². The van der Waals surface area contributed by atoms with E-state index in [0.29, 0.717) is 12.0 Å². The first kappa shape index (κ1) is 17.1. The first-order valence-electron chi connectivity index (χ1n) is 9.05. The Morgan fingerprint density at radius 2 is 1.96 bits per heavy atom. The first-order valence-corrected chi connectivity index (χ1v) is 9.05. The maximum Gasteiger partial charge on any atom is 0.255 e. The molecular formula is C22H22N4O. The Bertz CT molecular complexity index is 1080. The molecule has 0 aliphatic rings. The zero-order chi connectivity index (χ0) is 18.8. The summed E-state index contributed by atoms with van der Waals surface area (Å²) in [6.45, 7) is 2.00. The molecule has 0 saturated heterocycles. The van der Waals surface area contributed by atoms with E-state index in [0.717, 1.165) is 27.7 Å². The molecule has 2 heterocycles. The Hall–Kier alpha value is -3.34. The summed E-state index contributed by atoms with van der Waals surface area (Å²) in [5.74, 6) is -0.106. The minimum atomic E-state index is -0.121. The number of fused-ring (bicyclic) bond motifs is 1. The molecule has 5 nitrogen and oxygen atoms in total. The number of rotatable bonds is 5. The number of aromatic nitrogens is 3. The van der Waals surface area contributed by atoms with Crippen molar-refractivity contribution in [1.82, 2.24) is 20.1 Å². The van der Waals surface area contributed by atoms with Gasteiger partial charge in [0, 0.05) is 19.7 Å². The molecule has 27 heavy (non-hydrogen) atoms. The zero-order valence-electron chi connectivity index (χ0n) is 15.4. The molecule has 0 radical (unpaired) electrons. The van der Waals surface area contributed by atoms with Crippen molar-refractivity contribution in [2.45, 2.75) is 19.4 Å². The monoisotopic (exact) mass is 358 g/mol. The highest BCUT2D eigenvalue weighted by molar-refractivity contribution is 5.96. The van der Waals surface area contributed by atoms with E-state index in [2.05, 4.69) is 33.6 Å². The molecular weight excluding hydrogens is 336 g/mol. The maximum atomic E-state index is 13.0. The van der Waals surface area contributed by atoms with E-state index in [1.165, 1.54) is 0 Å². The van der Waals surface area contributed by atoms with Gasteiger partial charge in [0.25, 0.3) is 5.91 Å². The predicted molar refractivity (Wildman–Crippen MR) is 107 cm³/mol. The smallest absolute Gasteiger partial charge is 0.255 e. The number of nitrogens with zero attached hydrogens (tertiary/aromatic N) is 2. The Balaban J connectivity index is 1.58. The molecule has 0 aliphatic heterocycles. The largest absolute Gasteiger partial charge is 0.361 e. The van der Waals surface area contributed by atoms with Gasteiger partial charge >= 0.3 is 0 Å². The minimum absolute atomic E-state index is 0.106. The summed E-state index contributed by atoms with van der Waals surface area (Å²) >= 11 is 0. The summed E-state index contributed by atoms with van der Waals surface area (Å²) in [4.78, 5) is 16.2. The number of hydrogen-bond donors (Lipinski definition) is 2. The highest BCUT2D eigenvalue weighted by Gasteiger charge is 2.19. The van der Waals surface area contributed by atoms with Crippen LogP contribution in [-0.4, -0.2) is 20.7 Å². The molecule has 0 aliphatic carbocycles. The third-order valence-corrected chi connectivity index (χ3v) is 4.95. The van der Waals surface area contributed by atoms with Gasteiger partial charge in [-0.3, -0.25) is 9.48 Å². The number of carbonyl (C=O) groups excluding carboxylic acids is 1. The summed E-state index contributed by atoms with van der Waals surface area (Å²) in [6, 6.07) is 18.1. The maximum absolute atomic E-state index is 13.0. The van der Waals surface area contributed by atoms with Crippen LogP contribution in [-0.2, 0) is 13.5 Å². The fourth-order valence-corrected chi connectivity index (χ4v) is 3.47. The molecule has 2 aromatic heterocycles. The average Bonchev–Trinajstić information content (AvgIpc) is 3.29. The molecule has 0 saturated carbocycles. The van der Waals surface area contributed by atoms with Crippen molar-refractivity contribution >= 4 is 16.8 Å². The summed E-state index contributed by atoms with van der Waals surface area (Å²) in [6.07, 6.45) is 4.23. The van der Waals surface area contributed by atoms with Crippen LogP contribution in [0.15, 0.2) is 67.0 Å². The number of aromatic amines is 1. The van der Waals surface area contributed by atoms with Crippen LogP contribution >= 0.6 is 0 Å². The van der Waals surface area contributed by atoms with E-state index in [9.17, 15) is 4.79 Å². The van der Waals surface area contributed by atoms with Gasteiger partial charge in [0.1, 0.15) is 0 Å². The number of nitrogens with one attached hydrogen (secondary N) is 2. The molecule has 0 spiro atoms. The number of para-hydroxylation sites is 1. The van der Waals surface area contributed by atoms with Crippen LogP contribution in [0.5, 0.6) is 0 Å². The second kappa shape index (κ2) is 7.11. The lowest BCUT2D eigenvalue weighted by Crippen LogP contribution is -2.27. The number of aryl methyl sites for hydroxylation is 1. The van der Waals surface area contributed by atoms with Crippen LogP contribution in [0.4, 0.5) is 0 Å². The number of H-pyrrole nitrogens is 1. The van der Waals surface area contributed by atoms with Crippen molar-refractivity contribution in [3.63, 3.8) is 0 Å². The minimum Gasteiger partial charge on any atom is -0.361 e. The van der Waals surface area contributed by atoms with Crippen LogP contribution in [0, 0.1) is 0 Å². The fourth-order valence-electron chi connectivity index (χ4n) is 3.47. The average molecular weight is 358 g/mol. The van der Waals surface area contributed by atoms with Crippen LogP contribution < -0.4 is 5.32 Å². The Kier molecular flexibility index (Phi) is 4.50. The SMILES string of the molecule is CC(NC(=O)c1cnn(C)c1Cc1ccccc1)c1cccc2cc[nH]c12. The topological polar surface area (TPSA) is 62.7 Å². The van der Waals surface area contributed by atoms with Crippen molar-refractivity contribution in [3.05, 3.63) is 89.4 Å². The van der Waals surface area contributed by atoms with Crippen LogP contribution in [0.25, 0.3) is 10.9 Å². The summed E-state index contributed by atoms with van der Waals surface area (Å²) in [7, 11) is 1.87. The van der Waals surface area contributed by atoms with Crippen molar-refractivity contribution in [1.29, 1.82) is 0 Å². The zero-order valence-corrected chi connectivity index (χ0v) is 15.4. The molecule has 1 atom stereocenters. The van der Waals surface area contributed by atoms with Gasteiger partial charge in [-0.05, 0) is 29.5 Å². The van der Waals surface area contributed by atoms with E-state index < -0.39 is 0 Å². The standard InChI is InChI=1S/C22H22N4O/c1-15(18-10-6-9-17-11-12-23-21(17)18)25-22(27)19-14-24-26(2)20(19)13-16-7-4-3-5-8-16/h3-12,14-15,23H,13H2,1-2H3,(H,25,27). The molecule has 0 bridgehead atoms. The summed E-state index contributed by atoms with van der Waals surface area (Å²) in [5, 5.41) is 8.57. The van der Waals surface area contributed by atoms with Gasteiger partial charge in [-0.15, -0.1) is 0 Å². The summed E-state index contributed by atoms with van der Waals surface area (Å²) < 4.78 is 1.78. The van der Waals surface area contributed by atoms with E-state index in [1.807, 2.05) is 56.6 Å². The normalized spacial score (nSPS) is 12.2. The highest BCUT2D eigenvalue weighted by atomic mass is 16.1. The highest BCUT2D eigenvalue weighted by Crippen LogP contribution is 2.23. The molecule has 2 aromatic carbocycles. The van der Waals surface area contributed by atoms with Crippen LogP contribution in [0.2, 0.25) is 0 Å². The Morgan fingerprint density at radius 3 is 2.78 bits per heavy atom. The molecule has 136 valence electrons. The number of hydrogen-bond acceptors (Lipinski definition) is 2. The van der Waals surface area contributed by atoms with Crippen molar-refractivity contribution in [3.8, 4) is 0 Å².